The molecule has 0 unspecified atom stereocenters. The van der Waals surface area contributed by atoms with Gasteiger partial charge in [-0.2, -0.15) is 0 Å². The number of aromatic nitrogens is 2. The van der Waals surface area contributed by atoms with Crippen molar-refractivity contribution in [2.24, 2.45) is 7.05 Å². The van der Waals surface area contributed by atoms with Gasteiger partial charge in [0.15, 0.2) is 5.69 Å². The molecule has 0 saturated heterocycles. The SMILES string of the molecule is Cn1c(COc2ccc(CCl)cc2)cnc1[N+](=O)[O-]. The van der Waals surface area contributed by atoms with E-state index in [4.69, 9.17) is 16.3 Å². The predicted molar refractivity (Wildman–Crippen MR) is 70.2 cm³/mol. The molecule has 0 fully saturated rings. The van der Waals surface area contributed by atoms with Gasteiger partial charge in [0, 0.05) is 5.88 Å². The minimum atomic E-state index is -0.529. The van der Waals surface area contributed by atoms with E-state index in [0.717, 1.165) is 5.56 Å². The Morgan fingerprint density at radius 3 is 2.63 bits per heavy atom. The van der Waals surface area contributed by atoms with Gasteiger partial charge in [-0.05, 0) is 22.6 Å². The molecule has 2 rings (SSSR count). The van der Waals surface area contributed by atoms with Gasteiger partial charge in [0.1, 0.15) is 18.6 Å². The first kappa shape index (κ1) is 13.4. The minimum absolute atomic E-state index is 0.198. The van der Waals surface area contributed by atoms with Crippen molar-refractivity contribution in [3.8, 4) is 5.75 Å². The van der Waals surface area contributed by atoms with E-state index < -0.39 is 4.92 Å². The van der Waals surface area contributed by atoms with Crippen LogP contribution in [0.4, 0.5) is 5.95 Å². The summed E-state index contributed by atoms with van der Waals surface area (Å²) >= 11 is 5.69. The average Bonchev–Trinajstić information content (AvgIpc) is 2.78. The molecule has 0 amide bonds. The third kappa shape index (κ3) is 3.03. The van der Waals surface area contributed by atoms with Crippen LogP contribution in [0.2, 0.25) is 0 Å². The lowest BCUT2D eigenvalue weighted by Crippen LogP contribution is -2.04. The fourth-order valence-electron chi connectivity index (χ4n) is 1.57. The van der Waals surface area contributed by atoms with Gasteiger partial charge >= 0.3 is 5.95 Å². The molecule has 1 aromatic carbocycles. The Labute approximate surface area is 114 Å². The summed E-state index contributed by atoms with van der Waals surface area (Å²) in [6.45, 7) is 0.220. The summed E-state index contributed by atoms with van der Waals surface area (Å²) in [7, 11) is 1.58. The highest BCUT2D eigenvalue weighted by molar-refractivity contribution is 6.17. The van der Waals surface area contributed by atoms with Crippen molar-refractivity contribution in [1.29, 1.82) is 0 Å². The first-order chi connectivity index (χ1) is 9.11. The van der Waals surface area contributed by atoms with E-state index in [0.29, 0.717) is 17.3 Å². The second-order valence-corrected chi connectivity index (χ2v) is 4.20. The van der Waals surface area contributed by atoms with Gasteiger partial charge in [-0.25, -0.2) is 4.57 Å². The summed E-state index contributed by atoms with van der Waals surface area (Å²) in [6, 6.07) is 7.35. The van der Waals surface area contributed by atoms with Gasteiger partial charge in [0.25, 0.3) is 0 Å². The zero-order valence-electron chi connectivity index (χ0n) is 10.2. The van der Waals surface area contributed by atoms with Gasteiger partial charge in [0.2, 0.25) is 0 Å². The van der Waals surface area contributed by atoms with Gasteiger partial charge < -0.3 is 14.9 Å². The van der Waals surface area contributed by atoms with Crippen molar-refractivity contribution in [1.82, 2.24) is 9.55 Å². The molecule has 6 nitrogen and oxygen atoms in total. The monoisotopic (exact) mass is 281 g/mol. The van der Waals surface area contributed by atoms with E-state index in [1.165, 1.54) is 10.8 Å². The van der Waals surface area contributed by atoms with E-state index in [9.17, 15) is 10.1 Å². The molecule has 0 spiro atoms. The van der Waals surface area contributed by atoms with Gasteiger partial charge in [-0.1, -0.05) is 17.1 Å². The second-order valence-electron chi connectivity index (χ2n) is 3.93. The maximum atomic E-state index is 10.6. The van der Waals surface area contributed by atoms with Crippen molar-refractivity contribution in [2.45, 2.75) is 12.5 Å². The summed E-state index contributed by atoms with van der Waals surface area (Å²) in [5.41, 5.74) is 1.64. The summed E-state index contributed by atoms with van der Waals surface area (Å²) in [5, 5.41) is 10.6. The molecule has 0 N–H and O–H groups in total. The Bertz CT molecular complexity index is 580. The second kappa shape index (κ2) is 5.71. The molecule has 7 heteroatoms. The van der Waals surface area contributed by atoms with Crippen LogP contribution < -0.4 is 4.74 Å². The van der Waals surface area contributed by atoms with E-state index in [-0.39, 0.29) is 12.6 Å². The van der Waals surface area contributed by atoms with Crippen LogP contribution in [-0.2, 0) is 19.5 Å². The predicted octanol–water partition coefficient (Wildman–Crippen LogP) is 2.65. The van der Waals surface area contributed by atoms with Crippen molar-refractivity contribution < 1.29 is 9.66 Å². The fraction of sp³-hybridized carbons (Fsp3) is 0.250. The number of benzene rings is 1. The van der Waals surface area contributed by atoms with Crippen LogP contribution >= 0.6 is 11.6 Å². The molecule has 1 heterocycles. The van der Waals surface area contributed by atoms with Crippen LogP contribution in [0, 0.1) is 10.1 Å². The highest BCUT2D eigenvalue weighted by Crippen LogP contribution is 2.16. The van der Waals surface area contributed by atoms with E-state index in [2.05, 4.69) is 4.98 Å². The lowest BCUT2D eigenvalue weighted by Gasteiger charge is -2.05. The number of imidazole rings is 1. The molecule has 0 aliphatic carbocycles. The van der Waals surface area contributed by atoms with Crippen LogP contribution in [0.5, 0.6) is 5.75 Å². The van der Waals surface area contributed by atoms with Crippen LogP contribution in [0.15, 0.2) is 30.5 Å². The number of rotatable bonds is 5. The molecular formula is C12H12ClN3O3. The minimum Gasteiger partial charge on any atom is -0.486 e. The number of halogens is 1. The Kier molecular flexibility index (Phi) is 4.01. The van der Waals surface area contributed by atoms with Crippen LogP contribution in [0.1, 0.15) is 11.3 Å². The molecule has 0 saturated carbocycles. The zero-order chi connectivity index (χ0) is 13.8. The van der Waals surface area contributed by atoms with Crippen LogP contribution in [0.3, 0.4) is 0 Å². The van der Waals surface area contributed by atoms with E-state index in [1.807, 2.05) is 24.3 Å². The smallest absolute Gasteiger partial charge is 0.434 e. The normalized spacial score (nSPS) is 10.4. The van der Waals surface area contributed by atoms with Gasteiger partial charge in [-0.15, -0.1) is 11.6 Å². The molecule has 19 heavy (non-hydrogen) atoms. The summed E-state index contributed by atoms with van der Waals surface area (Å²) in [4.78, 5) is 13.8. The zero-order valence-corrected chi connectivity index (χ0v) is 11.0. The topological polar surface area (TPSA) is 70.2 Å². The first-order valence-electron chi connectivity index (χ1n) is 5.54. The molecule has 100 valence electrons. The van der Waals surface area contributed by atoms with Gasteiger partial charge in [-0.3, -0.25) is 0 Å². The Morgan fingerprint density at radius 1 is 1.42 bits per heavy atom. The third-order valence-electron chi connectivity index (χ3n) is 2.69. The average molecular weight is 282 g/mol. The van der Waals surface area contributed by atoms with E-state index >= 15 is 0 Å². The molecule has 1 aromatic heterocycles. The molecule has 0 radical (unpaired) electrons. The summed E-state index contributed by atoms with van der Waals surface area (Å²) < 4.78 is 6.93. The number of alkyl halides is 1. The third-order valence-corrected chi connectivity index (χ3v) is 3.00. The van der Waals surface area contributed by atoms with Crippen LogP contribution in [0.25, 0.3) is 0 Å². The Morgan fingerprint density at radius 2 is 2.11 bits per heavy atom. The molecule has 0 aliphatic heterocycles. The Hall–Kier alpha value is -2.08. The molecular weight excluding hydrogens is 270 g/mol. The Balaban J connectivity index is 2.03. The standard InChI is InChI=1S/C12H12ClN3O3/c1-15-10(7-14-12(15)16(17)18)8-19-11-4-2-9(6-13)3-5-11/h2-5,7H,6,8H2,1H3. The van der Waals surface area contributed by atoms with Crippen molar-refractivity contribution >= 4 is 17.5 Å². The van der Waals surface area contributed by atoms with Crippen LogP contribution in [-0.4, -0.2) is 14.5 Å². The lowest BCUT2D eigenvalue weighted by molar-refractivity contribution is -0.396. The number of nitrogens with zero attached hydrogens (tertiary/aromatic N) is 3. The maximum absolute atomic E-state index is 10.6. The highest BCUT2D eigenvalue weighted by atomic mass is 35.5. The quantitative estimate of drug-likeness (QED) is 0.480. The van der Waals surface area contributed by atoms with Gasteiger partial charge in [0.05, 0.1) is 7.05 Å². The first-order valence-corrected chi connectivity index (χ1v) is 6.08. The number of nitro groups is 1. The highest BCUT2D eigenvalue weighted by Gasteiger charge is 2.17. The largest absolute Gasteiger partial charge is 0.486 e. The van der Waals surface area contributed by atoms with Crippen molar-refractivity contribution in [3.05, 3.63) is 51.8 Å². The molecule has 0 bridgehead atoms. The number of hydrogen-bond donors (Lipinski definition) is 0. The fourth-order valence-corrected chi connectivity index (χ4v) is 1.75. The summed E-state index contributed by atoms with van der Waals surface area (Å²) in [6.07, 6.45) is 1.44. The summed E-state index contributed by atoms with van der Waals surface area (Å²) in [5.74, 6) is 0.933. The molecule has 0 atom stereocenters. The molecule has 2 aromatic rings. The molecule has 0 aliphatic rings. The van der Waals surface area contributed by atoms with Crippen molar-refractivity contribution in [2.75, 3.05) is 0 Å². The van der Waals surface area contributed by atoms with E-state index in [1.54, 1.807) is 7.05 Å². The van der Waals surface area contributed by atoms with Crippen molar-refractivity contribution in [3.63, 3.8) is 0 Å². The maximum Gasteiger partial charge on any atom is 0.434 e. The number of ether oxygens (including phenoxy) is 1. The number of hydrogen-bond acceptors (Lipinski definition) is 4. The lowest BCUT2D eigenvalue weighted by atomic mass is 10.2.